The van der Waals surface area contributed by atoms with Crippen LogP contribution >= 0.6 is 0 Å². The molecule has 28 heavy (non-hydrogen) atoms. The van der Waals surface area contributed by atoms with E-state index in [-0.39, 0.29) is 36.6 Å². The predicted octanol–water partition coefficient (Wildman–Crippen LogP) is 4.99. The Bertz CT molecular complexity index is 808. The third-order valence-corrected chi connectivity index (χ3v) is 3.69. The van der Waals surface area contributed by atoms with E-state index in [9.17, 15) is 26.7 Å². The number of oxazole rings is 1. The zero-order valence-corrected chi connectivity index (χ0v) is 15.7. The van der Waals surface area contributed by atoms with Gasteiger partial charge in [-0.05, 0) is 17.5 Å². The standard InChI is InChI=1S/C19H21F5N2O2/c1-18(2,3)10-26(11-19(22,23)24)17(27)7-6-16-25-9-15(28-16)13-5-4-12(20)8-14(13)21/h4-5,8-9H,6-7,10-11H2,1-3H3. The topological polar surface area (TPSA) is 46.3 Å². The van der Waals surface area contributed by atoms with Gasteiger partial charge in [-0.1, -0.05) is 20.8 Å². The fourth-order valence-electron chi connectivity index (χ4n) is 2.63. The molecule has 0 spiro atoms. The van der Waals surface area contributed by atoms with Crippen LogP contribution in [0, 0.1) is 17.0 Å². The molecule has 4 nitrogen and oxygen atoms in total. The lowest BCUT2D eigenvalue weighted by Crippen LogP contribution is -2.43. The van der Waals surface area contributed by atoms with Gasteiger partial charge in [-0.15, -0.1) is 0 Å². The Morgan fingerprint density at radius 1 is 1.14 bits per heavy atom. The lowest BCUT2D eigenvalue weighted by Gasteiger charge is -2.30. The van der Waals surface area contributed by atoms with E-state index in [2.05, 4.69) is 4.98 Å². The molecule has 0 aliphatic rings. The normalized spacial score (nSPS) is 12.3. The minimum absolute atomic E-state index is 0.00194. The van der Waals surface area contributed by atoms with Crippen LogP contribution in [-0.2, 0) is 11.2 Å². The van der Waals surface area contributed by atoms with Gasteiger partial charge >= 0.3 is 6.18 Å². The number of aromatic nitrogens is 1. The molecule has 2 rings (SSSR count). The first kappa shape index (κ1) is 21.8. The van der Waals surface area contributed by atoms with Crippen LogP contribution in [0.15, 0.2) is 28.8 Å². The molecule has 0 fully saturated rings. The van der Waals surface area contributed by atoms with E-state index >= 15 is 0 Å². The second-order valence-corrected chi connectivity index (χ2v) is 7.67. The fraction of sp³-hybridized carbons (Fsp3) is 0.474. The summed E-state index contributed by atoms with van der Waals surface area (Å²) in [5.74, 6) is -2.13. The lowest BCUT2D eigenvalue weighted by molar-refractivity contribution is -0.163. The second-order valence-electron chi connectivity index (χ2n) is 7.67. The number of amides is 1. The smallest absolute Gasteiger partial charge is 0.406 e. The SMILES string of the molecule is CC(C)(C)CN(CC(F)(F)F)C(=O)CCc1ncc(-c2ccc(F)cc2F)o1. The van der Waals surface area contributed by atoms with Crippen LogP contribution < -0.4 is 0 Å². The van der Waals surface area contributed by atoms with E-state index in [0.29, 0.717) is 6.07 Å². The summed E-state index contributed by atoms with van der Waals surface area (Å²) < 4.78 is 70.4. The van der Waals surface area contributed by atoms with Crippen molar-refractivity contribution in [1.29, 1.82) is 0 Å². The average Bonchev–Trinajstić information content (AvgIpc) is 2.98. The quantitative estimate of drug-likeness (QED) is 0.638. The fourth-order valence-corrected chi connectivity index (χ4v) is 2.63. The summed E-state index contributed by atoms with van der Waals surface area (Å²) in [6.45, 7) is 3.83. The summed E-state index contributed by atoms with van der Waals surface area (Å²) in [5, 5.41) is 0. The van der Waals surface area contributed by atoms with E-state index in [4.69, 9.17) is 4.42 Å². The van der Waals surface area contributed by atoms with Crippen LogP contribution in [0.3, 0.4) is 0 Å². The molecular weight excluding hydrogens is 383 g/mol. The van der Waals surface area contributed by atoms with Gasteiger partial charge in [0.2, 0.25) is 5.91 Å². The van der Waals surface area contributed by atoms with Crippen LogP contribution in [-0.4, -0.2) is 35.1 Å². The molecule has 9 heteroatoms. The molecule has 0 aliphatic heterocycles. The van der Waals surface area contributed by atoms with Gasteiger partial charge in [0.25, 0.3) is 0 Å². The average molecular weight is 404 g/mol. The maximum Gasteiger partial charge on any atom is 0.406 e. The Labute approximate surface area is 159 Å². The van der Waals surface area contributed by atoms with Crippen molar-refractivity contribution in [3.8, 4) is 11.3 Å². The Kier molecular flexibility index (Phi) is 6.46. The molecule has 1 aromatic carbocycles. The van der Waals surface area contributed by atoms with Crippen LogP contribution in [0.2, 0.25) is 0 Å². The maximum absolute atomic E-state index is 13.8. The summed E-state index contributed by atoms with van der Waals surface area (Å²) in [6, 6.07) is 2.95. The maximum atomic E-state index is 13.8. The second kappa shape index (κ2) is 8.28. The molecule has 0 aliphatic carbocycles. The molecule has 0 atom stereocenters. The first-order valence-corrected chi connectivity index (χ1v) is 8.59. The third-order valence-electron chi connectivity index (χ3n) is 3.69. The highest BCUT2D eigenvalue weighted by Crippen LogP contribution is 2.25. The van der Waals surface area contributed by atoms with Crippen molar-refractivity contribution in [2.75, 3.05) is 13.1 Å². The van der Waals surface area contributed by atoms with Crippen LogP contribution in [0.4, 0.5) is 22.0 Å². The Morgan fingerprint density at radius 2 is 1.82 bits per heavy atom. The number of carbonyl (C=O) groups is 1. The summed E-state index contributed by atoms with van der Waals surface area (Å²) in [5.41, 5.74) is -0.505. The number of nitrogens with zero attached hydrogens (tertiary/aromatic N) is 2. The number of carbonyl (C=O) groups excluding carboxylic acids is 1. The minimum Gasteiger partial charge on any atom is -0.441 e. The largest absolute Gasteiger partial charge is 0.441 e. The van der Waals surface area contributed by atoms with Crippen molar-refractivity contribution in [3.63, 3.8) is 0 Å². The summed E-state index contributed by atoms with van der Waals surface area (Å²) in [7, 11) is 0. The van der Waals surface area contributed by atoms with Gasteiger partial charge in [0.1, 0.15) is 18.2 Å². The van der Waals surface area contributed by atoms with Gasteiger partial charge < -0.3 is 9.32 Å². The van der Waals surface area contributed by atoms with Gasteiger partial charge in [-0.2, -0.15) is 13.2 Å². The number of hydrogen-bond donors (Lipinski definition) is 0. The van der Waals surface area contributed by atoms with E-state index in [1.54, 1.807) is 20.8 Å². The molecule has 1 aromatic heterocycles. The molecule has 2 aromatic rings. The molecule has 0 bridgehead atoms. The van der Waals surface area contributed by atoms with Gasteiger partial charge in [0.05, 0.1) is 11.8 Å². The van der Waals surface area contributed by atoms with Crippen molar-refractivity contribution < 1.29 is 31.2 Å². The molecule has 0 N–H and O–H groups in total. The van der Waals surface area contributed by atoms with Crippen molar-refractivity contribution >= 4 is 5.91 Å². The van der Waals surface area contributed by atoms with Gasteiger partial charge in [0.15, 0.2) is 11.7 Å². The number of alkyl halides is 3. The minimum atomic E-state index is -4.50. The predicted molar refractivity (Wildman–Crippen MR) is 92.3 cm³/mol. The van der Waals surface area contributed by atoms with Crippen molar-refractivity contribution in [2.45, 2.75) is 39.8 Å². The molecular formula is C19H21F5N2O2. The number of rotatable bonds is 6. The Hall–Kier alpha value is -2.45. The summed E-state index contributed by atoms with van der Waals surface area (Å²) >= 11 is 0. The molecule has 1 amide bonds. The number of hydrogen-bond acceptors (Lipinski definition) is 3. The zero-order valence-electron chi connectivity index (χ0n) is 15.7. The van der Waals surface area contributed by atoms with Crippen molar-refractivity contribution in [2.24, 2.45) is 5.41 Å². The van der Waals surface area contributed by atoms with Crippen molar-refractivity contribution in [1.82, 2.24) is 9.88 Å². The van der Waals surface area contributed by atoms with E-state index < -0.39 is 35.7 Å². The van der Waals surface area contributed by atoms with E-state index in [0.717, 1.165) is 11.0 Å². The molecule has 0 radical (unpaired) electrons. The first-order valence-electron chi connectivity index (χ1n) is 8.59. The van der Waals surface area contributed by atoms with E-state index in [1.807, 2.05) is 0 Å². The van der Waals surface area contributed by atoms with Gasteiger partial charge in [-0.3, -0.25) is 4.79 Å². The first-order chi connectivity index (χ1) is 12.8. The number of benzene rings is 1. The monoisotopic (exact) mass is 404 g/mol. The molecule has 154 valence electrons. The number of aryl methyl sites for hydroxylation is 1. The lowest BCUT2D eigenvalue weighted by atomic mass is 9.96. The summed E-state index contributed by atoms with van der Waals surface area (Å²) in [6.07, 6.45) is -3.56. The number of halogens is 5. The zero-order chi connectivity index (χ0) is 21.1. The Balaban J connectivity index is 2.05. The third kappa shape index (κ3) is 6.61. The van der Waals surface area contributed by atoms with Gasteiger partial charge in [0, 0.05) is 25.5 Å². The van der Waals surface area contributed by atoms with Crippen LogP contribution in [0.25, 0.3) is 11.3 Å². The molecule has 1 heterocycles. The van der Waals surface area contributed by atoms with Gasteiger partial charge in [-0.25, -0.2) is 13.8 Å². The van der Waals surface area contributed by atoms with Crippen LogP contribution in [0.1, 0.15) is 33.1 Å². The molecule has 0 unspecified atom stereocenters. The highest BCUT2D eigenvalue weighted by Gasteiger charge is 2.34. The van der Waals surface area contributed by atoms with Crippen molar-refractivity contribution in [3.05, 3.63) is 41.9 Å². The highest BCUT2D eigenvalue weighted by atomic mass is 19.4. The molecule has 0 saturated heterocycles. The Morgan fingerprint density at radius 3 is 2.39 bits per heavy atom. The van der Waals surface area contributed by atoms with Crippen LogP contribution in [0.5, 0.6) is 0 Å². The summed E-state index contributed by atoms with van der Waals surface area (Å²) in [4.78, 5) is 17.0. The van der Waals surface area contributed by atoms with E-state index in [1.165, 1.54) is 12.3 Å². The highest BCUT2D eigenvalue weighted by molar-refractivity contribution is 5.76. The molecule has 0 saturated carbocycles.